The van der Waals surface area contributed by atoms with E-state index in [9.17, 15) is 13.2 Å². The Morgan fingerprint density at radius 2 is 1.71 bits per heavy atom. The molecule has 1 aliphatic rings. The van der Waals surface area contributed by atoms with Crippen LogP contribution in [-0.4, -0.2) is 20.4 Å². The number of halogens is 1. The molecule has 0 aliphatic heterocycles. The van der Waals surface area contributed by atoms with Crippen molar-refractivity contribution in [3.63, 3.8) is 0 Å². The van der Waals surface area contributed by atoms with Crippen LogP contribution < -0.4 is 5.32 Å². The SMILES string of the molecule is Cc1cc(S(=O)(=O)Cl)ccc1C(=O)NC1C(C)(C)C1(C)C. The predicted octanol–water partition coefficient (Wildman–Crippen LogP) is 3.09. The molecular formula is C15H20ClNO3S. The van der Waals surface area contributed by atoms with Crippen molar-refractivity contribution >= 4 is 25.6 Å². The Hall–Kier alpha value is -1.07. The molecule has 4 nitrogen and oxygen atoms in total. The van der Waals surface area contributed by atoms with Gasteiger partial charge in [0.15, 0.2) is 0 Å². The second kappa shape index (κ2) is 4.71. The Morgan fingerprint density at radius 3 is 2.10 bits per heavy atom. The van der Waals surface area contributed by atoms with Crippen LogP contribution in [0.2, 0.25) is 0 Å². The number of hydrogen-bond donors (Lipinski definition) is 1. The van der Waals surface area contributed by atoms with Crippen molar-refractivity contribution in [1.29, 1.82) is 0 Å². The summed E-state index contributed by atoms with van der Waals surface area (Å²) >= 11 is 0. The van der Waals surface area contributed by atoms with Crippen molar-refractivity contribution < 1.29 is 13.2 Å². The highest BCUT2D eigenvalue weighted by Gasteiger charge is 2.65. The van der Waals surface area contributed by atoms with E-state index in [0.29, 0.717) is 11.1 Å². The van der Waals surface area contributed by atoms with Gasteiger partial charge in [0.25, 0.3) is 15.0 Å². The summed E-state index contributed by atoms with van der Waals surface area (Å²) in [6.45, 7) is 10.2. The van der Waals surface area contributed by atoms with Gasteiger partial charge in [-0.05, 0) is 41.5 Å². The second-order valence-electron chi connectivity index (χ2n) is 6.76. The summed E-state index contributed by atoms with van der Waals surface area (Å²) in [4.78, 5) is 12.4. The zero-order valence-electron chi connectivity index (χ0n) is 12.8. The van der Waals surface area contributed by atoms with Crippen LogP contribution in [0.15, 0.2) is 23.1 Å². The maximum Gasteiger partial charge on any atom is 0.261 e. The smallest absolute Gasteiger partial charge is 0.261 e. The van der Waals surface area contributed by atoms with E-state index in [1.165, 1.54) is 18.2 Å². The number of rotatable bonds is 3. The maximum absolute atomic E-state index is 12.4. The summed E-state index contributed by atoms with van der Waals surface area (Å²) in [6, 6.07) is 4.38. The molecule has 0 atom stereocenters. The Kier molecular flexibility index (Phi) is 3.66. The summed E-state index contributed by atoms with van der Waals surface area (Å²) in [7, 11) is 1.53. The van der Waals surface area contributed by atoms with Crippen molar-refractivity contribution in [2.45, 2.75) is 45.6 Å². The van der Waals surface area contributed by atoms with Gasteiger partial charge < -0.3 is 5.32 Å². The molecule has 1 aliphatic carbocycles. The standard InChI is InChI=1S/C15H20ClNO3S/c1-9-8-10(21(16,19)20)6-7-11(9)12(18)17-13-14(2,3)15(13,4)5/h6-8,13H,1-5H3,(H,17,18). The minimum Gasteiger partial charge on any atom is -0.348 e. The van der Waals surface area contributed by atoms with E-state index in [1.54, 1.807) is 6.92 Å². The van der Waals surface area contributed by atoms with Gasteiger partial charge in [0.05, 0.1) is 4.90 Å². The topological polar surface area (TPSA) is 63.2 Å². The average molecular weight is 330 g/mol. The molecule has 1 fully saturated rings. The second-order valence-corrected chi connectivity index (χ2v) is 9.33. The van der Waals surface area contributed by atoms with E-state index < -0.39 is 9.05 Å². The predicted molar refractivity (Wildman–Crippen MR) is 83.0 cm³/mol. The average Bonchev–Trinajstić information content (AvgIpc) is 2.70. The lowest BCUT2D eigenvalue weighted by molar-refractivity contribution is 0.0943. The lowest BCUT2D eigenvalue weighted by Gasteiger charge is -2.10. The van der Waals surface area contributed by atoms with Crippen molar-refractivity contribution in [3.05, 3.63) is 29.3 Å². The number of hydrogen-bond acceptors (Lipinski definition) is 3. The fourth-order valence-corrected chi connectivity index (χ4v) is 3.64. The quantitative estimate of drug-likeness (QED) is 0.867. The van der Waals surface area contributed by atoms with Crippen LogP contribution in [-0.2, 0) is 9.05 Å². The van der Waals surface area contributed by atoms with Crippen LogP contribution in [0.1, 0.15) is 43.6 Å². The number of benzene rings is 1. The van der Waals surface area contributed by atoms with Crippen LogP contribution in [0.4, 0.5) is 0 Å². The van der Waals surface area contributed by atoms with E-state index in [-0.39, 0.29) is 27.7 Å². The van der Waals surface area contributed by atoms with E-state index in [4.69, 9.17) is 10.7 Å². The lowest BCUT2D eigenvalue weighted by Crippen LogP contribution is -2.30. The third-order valence-electron chi connectivity index (χ3n) is 5.02. The summed E-state index contributed by atoms with van der Waals surface area (Å²) in [5, 5.41) is 3.03. The summed E-state index contributed by atoms with van der Waals surface area (Å²) in [5.41, 5.74) is 1.16. The van der Waals surface area contributed by atoms with Gasteiger partial charge in [-0.3, -0.25) is 4.79 Å². The van der Waals surface area contributed by atoms with E-state index in [0.717, 1.165) is 0 Å². The highest BCUT2D eigenvalue weighted by atomic mass is 35.7. The first kappa shape index (κ1) is 16.3. The molecule has 0 spiro atoms. The van der Waals surface area contributed by atoms with Gasteiger partial charge in [-0.25, -0.2) is 8.42 Å². The first-order valence-electron chi connectivity index (χ1n) is 6.75. The molecule has 0 unspecified atom stereocenters. The molecule has 1 amide bonds. The highest BCUT2D eigenvalue weighted by Crippen LogP contribution is 2.62. The Labute approximate surface area is 130 Å². The molecule has 1 aromatic rings. The van der Waals surface area contributed by atoms with Crippen LogP contribution in [0.25, 0.3) is 0 Å². The number of amides is 1. The summed E-state index contributed by atoms with van der Waals surface area (Å²) in [5.74, 6) is -0.185. The van der Waals surface area contributed by atoms with Crippen LogP contribution >= 0.6 is 10.7 Å². The van der Waals surface area contributed by atoms with Crippen LogP contribution in [0.5, 0.6) is 0 Å². The lowest BCUT2D eigenvalue weighted by atomic mass is 10.0. The molecule has 0 bridgehead atoms. The fraction of sp³-hybridized carbons (Fsp3) is 0.533. The Bertz CT molecular complexity index is 694. The van der Waals surface area contributed by atoms with E-state index >= 15 is 0 Å². The molecule has 6 heteroatoms. The Morgan fingerprint density at radius 1 is 1.19 bits per heavy atom. The molecule has 0 heterocycles. The molecule has 0 saturated heterocycles. The van der Waals surface area contributed by atoms with Gasteiger partial charge in [0, 0.05) is 22.3 Å². The number of aryl methyl sites for hydroxylation is 1. The first-order chi connectivity index (χ1) is 9.39. The molecule has 116 valence electrons. The normalized spacial score (nSPS) is 20.1. The van der Waals surface area contributed by atoms with Gasteiger partial charge in [-0.15, -0.1) is 0 Å². The van der Waals surface area contributed by atoms with Gasteiger partial charge in [-0.2, -0.15) is 0 Å². The van der Waals surface area contributed by atoms with Crippen molar-refractivity contribution in [3.8, 4) is 0 Å². The number of carbonyl (C=O) groups is 1. The molecule has 21 heavy (non-hydrogen) atoms. The molecule has 1 saturated carbocycles. The monoisotopic (exact) mass is 329 g/mol. The molecule has 0 aromatic heterocycles. The largest absolute Gasteiger partial charge is 0.348 e. The molecule has 0 radical (unpaired) electrons. The fourth-order valence-electron chi connectivity index (χ4n) is 2.81. The van der Waals surface area contributed by atoms with Crippen molar-refractivity contribution in [2.75, 3.05) is 0 Å². The van der Waals surface area contributed by atoms with Crippen LogP contribution in [0.3, 0.4) is 0 Å². The maximum atomic E-state index is 12.4. The minimum absolute atomic E-state index is 0.00491. The highest BCUT2D eigenvalue weighted by molar-refractivity contribution is 8.13. The molecule has 2 rings (SSSR count). The minimum atomic E-state index is -3.78. The van der Waals surface area contributed by atoms with E-state index in [2.05, 4.69) is 33.0 Å². The third-order valence-corrected chi connectivity index (χ3v) is 6.37. The molecular weight excluding hydrogens is 310 g/mol. The van der Waals surface area contributed by atoms with Gasteiger partial charge >= 0.3 is 0 Å². The zero-order valence-corrected chi connectivity index (χ0v) is 14.4. The summed E-state index contributed by atoms with van der Waals surface area (Å²) < 4.78 is 22.6. The van der Waals surface area contributed by atoms with Gasteiger partial charge in [0.1, 0.15) is 0 Å². The molecule has 1 aromatic carbocycles. The number of carbonyl (C=O) groups excluding carboxylic acids is 1. The van der Waals surface area contributed by atoms with Gasteiger partial charge in [0.2, 0.25) is 0 Å². The first-order valence-corrected chi connectivity index (χ1v) is 9.06. The summed E-state index contributed by atoms with van der Waals surface area (Å²) in [6.07, 6.45) is 0. The Balaban J connectivity index is 2.22. The van der Waals surface area contributed by atoms with Gasteiger partial charge in [-0.1, -0.05) is 27.7 Å². The molecule has 1 N–H and O–H groups in total. The van der Waals surface area contributed by atoms with E-state index in [1.807, 2.05) is 0 Å². The van der Waals surface area contributed by atoms with Crippen molar-refractivity contribution in [1.82, 2.24) is 5.32 Å². The van der Waals surface area contributed by atoms with Crippen molar-refractivity contribution in [2.24, 2.45) is 10.8 Å². The number of nitrogens with one attached hydrogen (secondary N) is 1. The third kappa shape index (κ3) is 2.69. The zero-order chi connectivity index (χ0) is 16.2. The van der Waals surface area contributed by atoms with Crippen LogP contribution in [0, 0.1) is 17.8 Å².